The van der Waals surface area contributed by atoms with E-state index in [2.05, 4.69) is 38.1 Å². The van der Waals surface area contributed by atoms with Crippen LogP contribution in [0.2, 0.25) is 0 Å². The smallest absolute Gasteiger partial charge is 0.343 e. The molecule has 0 N–H and O–H groups in total. The Bertz CT molecular complexity index is 922. The van der Waals surface area contributed by atoms with E-state index in [9.17, 15) is 4.79 Å². The quantitative estimate of drug-likeness (QED) is 0.180. The van der Waals surface area contributed by atoms with Gasteiger partial charge in [-0.1, -0.05) is 88.1 Å². The first-order valence-corrected chi connectivity index (χ1v) is 11.7. The fourth-order valence-electron chi connectivity index (χ4n) is 3.69. The number of ether oxygens (including phenoxy) is 1. The van der Waals surface area contributed by atoms with Crippen molar-refractivity contribution in [2.75, 3.05) is 0 Å². The largest absolute Gasteiger partial charge is 0.423 e. The molecular weight excluding hydrogens is 380 g/mol. The maximum Gasteiger partial charge on any atom is 0.343 e. The van der Waals surface area contributed by atoms with Gasteiger partial charge in [-0.25, -0.2) is 4.79 Å². The van der Waals surface area contributed by atoms with E-state index >= 15 is 0 Å². The highest BCUT2D eigenvalue weighted by molar-refractivity contribution is 5.91. The van der Waals surface area contributed by atoms with Gasteiger partial charge in [-0.05, 0) is 72.2 Å². The molecule has 31 heavy (non-hydrogen) atoms. The van der Waals surface area contributed by atoms with Gasteiger partial charge in [0.05, 0.1) is 5.56 Å². The lowest BCUT2D eigenvalue weighted by Gasteiger charge is -2.08. The highest BCUT2D eigenvalue weighted by Crippen LogP contribution is 2.24. The van der Waals surface area contributed by atoms with E-state index < -0.39 is 0 Å². The number of esters is 1. The molecule has 0 radical (unpaired) electrons. The van der Waals surface area contributed by atoms with Crippen LogP contribution in [0, 0.1) is 0 Å². The Morgan fingerprint density at radius 2 is 1.13 bits per heavy atom. The van der Waals surface area contributed by atoms with Crippen molar-refractivity contribution in [1.29, 1.82) is 0 Å². The zero-order valence-corrected chi connectivity index (χ0v) is 18.9. The van der Waals surface area contributed by atoms with E-state index in [0.29, 0.717) is 11.3 Å². The molecule has 0 bridgehead atoms. The van der Waals surface area contributed by atoms with Crippen LogP contribution in [-0.4, -0.2) is 5.97 Å². The van der Waals surface area contributed by atoms with Crippen molar-refractivity contribution in [2.45, 2.75) is 65.2 Å². The number of carbonyl (C=O) groups is 1. The van der Waals surface area contributed by atoms with Gasteiger partial charge in [0.25, 0.3) is 0 Å². The van der Waals surface area contributed by atoms with Crippen LogP contribution in [0.1, 0.15) is 73.9 Å². The Kier molecular flexibility index (Phi) is 8.90. The molecule has 0 amide bonds. The summed E-state index contributed by atoms with van der Waals surface area (Å²) in [5, 5.41) is 0. The number of hydrogen-bond acceptors (Lipinski definition) is 2. The van der Waals surface area contributed by atoms with Gasteiger partial charge in [0.1, 0.15) is 5.75 Å². The lowest BCUT2D eigenvalue weighted by Crippen LogP contribution is -2.08. The lowest BCUT2D eigenvalue weighted by atomic mass is 10.0. The summed E-state index contributed by atoms with van der Waals surface area (Å²) < 4.78 is 5.56. The number of hydrogen-bond donors (Lipinski definition) is 0. The molecule has 3 aromatic carbocycles. The van der Waals surface area contributed by atoms with Crippen LogP contribution in [0.25, 0.3) is 11.1 Å². The van der Waals surface area contributed by atoms with Crippen molar-refractivity contribution in [3.63, 3.8) is 0 Å². The van der Waals surface area contributed by atoms with E-state index in [0.717, 1.165) is 24.8 Å². The Labute approximate surface area is 187 Å². The third kappa shape index (κ3) is 7.10. The van der Waals surface area contributed by atoms with Crippen LogP contribution in [-0.2, 0) is 12.8 Å². The maximum atomic E-state index is 12.4. The Balaban J connectivity index is 1.55. The molecule has 0 saturated carbocycles. The van der Waals surface area contributed by atoms with Gasteiger partial charge in [-0.3, -0.25) is 0 Å². The molecular formula is C29H34O2. The summed E-state index contributed by atoms with van der Waals surface area (Å²) in [4.78, 5) is 12.4. The Morgan fingerprint density at radius 1 is 0.613 bits per heavy atom. The summed E-state index contributed by atoms with van der Waals surface area (Å²) in [7, 11) is 0. The average molecular weight is 415 g/mol. The molecule has 0 aliphatic rings. The minimum absolute atomic E-state index is 0.317. The van der Waals surface area contributed by atoms with Crippen molar-refractivity contribution in [3.05, 3.63) is 89.5 Å². The molecule has 162 valence electrons. The molecule has 0 fully saturated rings. The van der Waals surface area contributed by atoms with Crippen molar-refractivity contribution >= 4 is 5.97 Å². The van der Waals surface area contributed by atoms with Crippen molar-refractivity contribution in [3.8, 4) is 16.9 Å². The molecule has 0 saturated heterocycles. The summed E-state index contributed by atoms with van der Waals surface area (Å²) in [6, 6.07) is 24.3. The Morgan fingerprint density at radius 3 is 1.71 bits per heavy atom. The normalized spacial score (nSPS) is 10.8. The summed E-state index contributed by atoms with van der Waals surface area (Å²) in [6.07, 6.45) is 9.69. The number of benzene rings is 3. The summed E-state index contributed by atoms with van der Waals surface area (Å²) >= 11 is 0. The van der Waals surface area contributed by atoms with Gasteiger partial charge in [0.15, 0.2) is 0 Å². The molecule has 0 aliphatic carbocycles. The highest BCUT2D eigenvalue weighted by Gasteiger charge is 2.09. The predicted octanol–water partition coefficient (Wildman–Crippen LogP) is 8.04. The maximum absolute atomic E-state index is 12.4. The molecule has 0 aromatic heterocycles. The predicted molar refractivity (Wildman–Crippen MR) is 130 cm³/mol. The molecule has 0 unspecified atom stereocenters. The summed E-state index contributed by atoms with van der Waals surface area (Å²) in [6.45, 7) is 4.42. The zero-order valence-electron chi connectivity index (χ0n) is 18.9. The fourth-order valence-corrected chi connectivity index (χ4v) is 3.69. The van der Waals surface area contributed by atoms with Gasteiger partial charge in [-0.15, -0.1) is 0 Å². The minimum Gasteiger partial charge on any atom is -0.423 e. The van der Waals surface area contributed by atoms with Crippen LogP contribution in [0.3, 0.4) is 0 Å². The minimum atomic E-state index is -0.317. The third-order valence-electron chi connectivity index (χ3n) is 5.68. The van der Waals surface area contributed by atoms with Gasteiger partial charge < -0.3 is 4.74 Å². The molecule has 0 aliphatic heterocycles. The molecule has 3 aromatic rings. The topological polar surface area (TPSA) is 26.3 Å². The van der Waals surface area contributed by atoms with Crippen molar-refractivity contribution in [2.24, 2.45) is 0 Å². The molecule has 3 rings (SSSR count). The first-order valence-electron chi connectivity index (χ1n) is 11.7. The van der Waals surface area contributed by atoms with E-state index in [1.165, 1.54) is 48.8 Å². The fraction of sp³-hybridized carbons (Fsp3) is 0.345. The number of aryl methyl sites for hydroxylation is 2. The van der Waals surface area contributed by atoms with Crippen LogP contribution < -0.4 is 4.74 Å². The van der Waals surface area contributed by atoms with Crippen LogP contribution in [0.5, 0.6) is 5.75 Å². The first-order chi connectivity index (χ1) is 15.2. The third-order valence-corrected chi connectivity index (χ3v) is 5.68. The second kappa shape index (κ2) is 12.1. The van der Waals surface area contributed by atoms with Gasteiger partial charge >= 0.3 is 5.97 Å². The monoisotopic (exact) mass is 414 g/mol. The average Bonchev–Trinajstić information content (AvgIpc) is 2.82. The van der Waals surface area contributed by atoms with Crippen LogP contribution in [0.4, 0.5) is 0 Å². The van der Waals surface area contributed by atoms with Gasteiger partial charge in [-0.2, -0.15) is 0 Å². The van der Waals surface area contributed by atoms with Crippen LogP contribution in [0.15, 0.2) is 72.8 Å². The first kappa shape index (κ1) is 22.8. The highest BCUT2D eigenvalue weighted by atomic mass is 16.5. The van der Waals surface area contributed by atoms with E-state index in [4.69, 9.17) is 4.74 Å². The molecule has 2 heteroatoms. The summed E-state index contributed by atoms with van der Waals surface area (Å²) in [5.41, 5.74) is 5.54. The van der Waals surface area contributed by atoms with E-state index in [1.54, 1.807) is 0 Å². The van der Waals surface area contributed by atoms with Crippen molar-refractivity contribution < 1.29 is 9.53 Å². The number of rotatable bonds is 11. The Hall–Kier alpha value is -2.87. The van der Waals surface area contributed by atoms with E-state index in [1.807, 2.05) is 48.5 Å². The molecule has 0 spiro atoms. The van der Waals surface area contributed by atoms with Gasteiger partial charge in [0, 0.05) is 0 Å². The molecule has 2 nitrogen and oxygen atoms in total. The molecule has 0 heterocycles. The number of unbranched alkanes of at least 4 members (excludes halogenated alkanes) is 4. The van der Waals surface area contributed by atoms with Crippen LogP contribution >= 0.6 is 0 Å². The zero-order chi connectivity index (χ0) is 21.9. The second-order valence-corrected chi connectivity index (χ2v) is 8.22. The second-order valence-electron chi connectivity index (χ2n) is 8.22. The number of carbonyl (C=O) groups excluding carboxylic acids is 1. The van der Waals surface area contributed by atoms with Gasteiger partial charge in [0.2, 0.25) is 0 Å². The lowest BCUT2D eigenvalue weighted by molar-refractivity contribution is 0.0735. The summed E-state index contributed by atoms with van der Waals surface area (Å²) in [5.74, 6) is 0.249. The molecule has 0 atom stereocenters. The SMILES string of the molecule is CCCCCCc1ccc(-c2ccc(OC(=O)c3ccc(CCCC)cc3)cc2)cc1. The van der Waals surface area contributed by atoms with Crippen molar-refractivity contribution in [1.82, 2.24) is 0 Å². The standard InChI is InChI=1S/C29H34O2/c1-3-5-7-8-10-24-11-15-25(16-12-24)26-19-21-28(22-20-26)31-29(30)27-17-13-23(14-18-27)9-6-4-2/h11-22H,3-10H2,1-2H3. The van der Waals surface area contributed by atoms with E-state index in [-0.39, 0.29) is 5.97 Å².